The Morgan fingerprint density at radius 2 is 1.71 bits per heavy atom. The van der Waals surface area contributed by atoms with Crippen LogP contribution in [0.25, 0.3) is 5.69 Å². The van der Waals surface area contributed by atoms with E-state index in [1.807, 2.05) is 24.3 Å². The standard InChI is InChI=1S/C26H36N8O3.ClH/c1-25(2,28)22(35)32-11-13-33(14-12-32)23(36)29-21-7-9-34(24(37)30-21)19-5-3-18(4-6-19)16-31-10-8-26(17-31)15-20(26)27;/h3-7,9,20H,8,10-17,27-28H2,1-2H3,(H,29,30,36,37);1H. The third kappa shape index (κ3) is 5.85. The summed E-state index contributed by atoms with van der Waals surface area (Å²) in [6, 6.07) is 9.49. The predicted molar refractivity (Wildman–Crippen MR) is 147 cm³/mol. The van der Waals surface area contributed by atoms with Crippen LogP contribution in [-0.4, -0.2) is 87.0 Å². The molecule has 2 aliphatic heterocycles. The molecule has 1 spiro atoms. The normalized spacial score (nSPS) is 23.3. The van der Waals surface area contributed by atoms with Crippen molar-refractivity contribution in [3.8, 4) is 5.69 Å². The number of nitrogens with zero attached hydrogens (tertiary/aromatic N) is 5. The Morgan fingerprint density at radius 1 is 1.08 bits per heavy atom. The molecule has 0 bridgehead atoms. The van der Waals surface area contributed by atoms with Crippen LogP contribution in [0.15, 0.2) is 41.3 Å². The number of aromatic nitrogens is 2. The van der Waals surface area contributed by atoms with Crippen molar-refractivity contribution in [3.63, 3.8) is 0 Å². The molecule has 3 aliphatic rings. The lowest BCUT2D eigenvalue weighted by atomic mass is 10.1. The quantitative estimate of drug-likeness (QED) is 0.509. The minimum atomic E-state index is -0.944. The molecular weight excluding hydrogens is 508 g/mol. The molecule has 2 unspecified atom stereocenters. The summed E-state index contributed by atoms with van der Waals surface area (Å²) in [6.45, 7) is 7.92. The first-order chi connectivity index (χ1) is 17.5. The Labute approximate surface area is 228 Å². The molecule has 3 amide bonds. The zero-order chi connectivity index (χ0) is 26.4. The highest BCUT2D eigenvalue weighted by Gasteiger charge is 2.55. The summed E-state index contributed by atoms with van der Waals surface area (Å²) >= 11 is 0. The van der Waals surface area contributed by atoms with Gasteiger partial charge in [0.15, 0.2) is 0 Å². The van der Waals surface area contributed by atoms with Gasteiger partial charge in [-0.25, -0.2) is 9.59 Å². The topological polar surface area (TPSA) is 143 Å². The maximum atomic E-state index is 12.7. The Morgan fingerprint density at radius 3 is 2.26 bits per heavy atom. The highest BCUT2D eigenvalue weighted by Crippen LogP contribution is 2.51. The molecule has 11 nitrogen and oxygen atoms in total. The molecule has 1 aromatic carbocycles. The van der Waals surface area contributed by atoms with E-state index in [2.05, 4.69) is 15.2 Å². The van der Waals surface area contributed by atoms with Gasteiger partial charge in [0.05, 0.1) is 11.2 Å². The molecule has 38 heavy (non-hydrogen) atoms. The molecule has 12 heteroatoms. The summed E-state index contributed by atoms with van der Waals surface area (Å²) in [6.07, 6.45) is 3.93. The summed E-state index contributed by atoms with van der Waals surface area (Å²) in [5.74, 6) is 0.0454. The number of amides is 3. The van der Waals surface area contributed by atoms with Crippen molar-refractivity contribution in [2.45, 2.75) is 44.8 Å². The van der Waals surface area contributed by atoms with Gasteiger partial charge in [0.2, 0.25) is 5.91 Å². The lowest BCUT2D eigenvalue weighted by Gasteiger charge is -2.37. The van der Waals surface area contributed by atoms with E-state index in [1.54, 1.807) is 35.9 Å². The molecule has 1 saturated carbocycles. The molecule has 3 fully saturated rings. The maximum Gasteiger partial charge on any atom is 0.354 e. The van der Waals surface area contributed by atoms with Gasteiger partial charge in [-0.3, -0.25) is 19.6 Å². The van der Waals surface area contributed by atoms with Crippen LogP contribution in [-0.2, 0) is 11.3 Å². The van der Waals surface area contributed by atoms with E-state index in [0.29, 0.717) is 43.3 Å². The van der Waals surface area contributed by atoms with Gasteiger partial charge in [-0.05, 0) is 57.0 Å². The van der Waals surface area contributed by atoms with Gasteiger partial charge in [-0.15, -0.1) is 12.4 Å². The van der Waals surface area contributed by atoms with E-state index in [4.69, 9.17) is 11.5 Å². The van der Waals surface area contributed by atoms with E-state index in [9.17, 15) is 14.4 Å². The number of anilines is 1. The van der Waals surface area contributed by atoms with Crippen molar-refractivity contribution >= 4 is 30.2 Å². The minimum Gasteiger partial charge on any atom is -0.338 e. The Bertz CT molecular complexity index is 1240. The second kappa shape index (κ2) is 10.6. The number of hydrogen-bond acceptors (Lipinski definition) is 7. The van der Waals surface area contributed by atoms with E-state index in [1.165, 1.54) is 16.6 Å². The molecule has 2 saturated heterocycles. The number of likely N-dealkylation sites (tertiary alicyclic amines) is 1. The van der Waals surface area contributed by atoms with Crippen LogP contribution >= 0.6 is 12.4 Å². The largest absolute Gasteiger partial charge is 0.354 e. The lowest BCUT2D eigenvalue weighted by molar-refractivity contribution is -0.137. The molecule has 3 heterocycles. The molecule has 2 aromatic rings. The molecule has 2 atom stereocenters. The van der Waals surface area contributed by atoms with E-state index in [0.717, 1.165) is 26.1 Å². The average Bonchev–Trinajstić information content (AvgIpc) is 3.30. The lowest BCUT2D eigenvalue weighted by Crippen LogP contribution is -2.58. The molecule has 0 radical (unpaired) electrons. The third-order valence-corrected chi connectivity index (χ3v) is 7.78. The van der Waals surface area contributed by atoms with Crippen LogP contribution in [0.1, 0.15) is 32.3 Å². The summed E-state index contributed by atoms with van der Waals surface area (Å²) in [4.78, 5) is 47.5. The number of rotatable bonds is 5. The van der Waals surface area contributed by atoms with Crippen molar-refractivity contribution < 1.29 is 9.59 Å². The van der Waals surface area contributed by atoms with Crippen molar-refractivity contribution in [1.82, 2.24) is 24.3 Å². The minimum absolute atomic E-state index is 0. The van der Waals surface area contributed by atoms with Crippen LogP contribution in [0.5, 0.6) is 0 Å². The first-order valence-corrected chi connectivity index (χ1v) is 12.9. The number of urea groups is 1. The monoisotopic (exact) mass is 544 g/mol. The zero-order valence-electron chi connectivity index (χ0n) is 21.9. The van der Waals surface area contributed by atoms with E-state index < -0.39 is 11.2 Å². The first kappa shape index (κ1) is 28.0. The van der Waals surface area contributed by atoms with Gasteiger partial charge in [-0.2, -0.15) is 4.98 Å². The number of nitrogens with one attached hydrogen (secondary N) is 1. The molecule has 206 valence electrons. The summed E-state index contributed by atoms with van der Waals surface area (Å²) < 4.78 is 1.45. The molecule has 1 aromatic heterocycles. The SMILES string of the molecule is CC(C)(N)C(=O)N1CCN(C(=O)Nc2ccn(-c3ccc(CN4CCC5(CC5N)C4)cc3)c(=O)n2)CC1.Cl. The maximum absolute atomic E-state index is 12.7. The predicted octanol–water partition coefficient (Wildman–Crippen LogP) is 0.991. The van der Waals surface area contributed by atoms with Crippen LogP contribution in [0.4, 0.5) is 10.6 Å². The number of hydrogen-bond donors (Lipinski definition) is 3. The summed E-state index contributed by atoms with van der Waals surface area (Å²) in [7, 11) is 0. The Balaban J connectivity index is 0.00000336. The zero-order valence-corrected chi connectivity index (χ0v) is 22.7. The number of piperazine rings is 1. The molecule has 5 rings (SSSR count). The molecular formula is C26H37ClN8O3. The number of halogens is 1. The fraction of sp³-hybridized carbons (Fsp3) is 0.538. The fourth-order valence-electron chi connectivity index (χ4n) is 5.37. The second-order valence-electron chi connectivity index (χ2n) is 11.2. The average molecular weight is 545 g/mol. The van der Waals surface area contributed by atoms with Crippen molar-refractivity contribution in [1.29, 1.82) is 0 Å². The number of benzene rings is 1. The number of nitrogens with two attached hydrogens (primary N) is 2. The van der Waals surface area contributed by atoms with Gasteiger partial charge < -0.3 is 21.3 Å². The second-order valence-corrected chi connectivity index (χ2v) is 11.2. The number of carbonyl (C=O) groups is 2. The Kier molecular flexibility index (Phi) is 7.85. The van der Waals surface area contributed by atoms with Crippen LogP contribution < -0.4 is 22.5 Å². The van der Waals surface area contributed by atoms with E-state index in [-0.39, 0.29) is 30.2 Å². The smallest absolute Gasteiger partial charge is 0.338 e. The van der Waals surface area contributed by atoms with Gasteiger partial charge >= 0.3 is 11.7 Å². The highest BCUT2D eigenvalue weighted by atomic mass is 35.5. The van der Waals surface area contributed by atoms with Crippen molar-refractivity contribution in [2.75, 3.05) is 44.6 Å². The van der Waals surface area contributed by atoms with Crippen molar-refractivity contribution in [3.05, 3.63) is 52.6 Å². The van der Waals surface area contributed by atoms with Crippen LogP contribution in [0, 0.1) is 5.41 Å². The molecule has 5 N–H and O–H groups in total. The van der Waals surface area contributed by atoms with Gasteiger partial charge in [0.25, 0.3) is 0 Å². The van der Waals surface area contributed by atoms with Gasteiger partial charge in [-0.1, -0.05) is 12.1 Å². The highest BCUT2D eigenvalue weighted by molar-refractivity contribution is 5.89. The van der Waals surface area contributed by atoms with Gasteiger partial charge in [0.1, 0.15) is 5.82 Å². The van der Waals surface area contributed by atoms with Crippen LogP contribution in [0.2, 0.25) is 0 Å². The van der Waals surface area contributed by atoms with Crippen molar-refractivity contribution in [2.24, 2.45) is 16.9 Å². The van der Waals surface area contributed by atoms with E-state index >= 15 is 0 Å². The summed E-state index contributed by atoms with van der Waals surface area (Å²) in [5, 5.41) is 2.69. The summed E-state index contributed by atoms with van der Waals surface area (Å²) in [5.41, 5.74) is 12.8. The first-order valence-electron chi connectivity index (χ1n) is 12.9. The van der Waals surface area contributed by atoms with Gasteiger partial charge in [0, 0.05) is 56.9 Å². The Hall–Kier alpha value is -2.99. The fourth-order valence-corrected chi connectivity index (χ4v) is 5.37. The molecule has 1 aliphatic carbocycles. The third-order valence-electron chi connectivity index (χ3n) is 7.78. The van der Waals surface area contributed by atoms with Crippen LogP contribution in [0.3, 0.4) is 0 Å². The number of carbonyl (C=O) groups excluding carboxylic acids is 2.